The number of nitrogens with two attached hydrogens (primary N) is 1. The number of hydrogen-bond donors (Lipinski definition) is 2. The average molecular weight is 248 g/mol. The molecule has 18 heavy (non-hydrogen) atoms. The summed E-state index contributed by atoms with van der Waals surface area (Å²) in [4.78, 5) is 11.8. The van der Waals surface area contributed by atoms with Gasteiger partial charge in [-0.3, -0.25) is 4.79 Å². The highest BCUT2D eigenvalue weighted by Crippen LogP contribution is 2.25. The highest BCUT2D eigenvalue weighted by molar-refractivity contribution is 5.81. The molecule has 2 rings (SSSR count). The van der Waals surface area contributed by atoms with Gasteiger partial charge in [0.25, 0.3) is 5.91 Å². The largest absolute Gasteiger partial charge is 0.478 e. The lowest BCUT2D eigenvalue weighted by molar-refractivity contribution is -0.127. The topological polar surface area (TPSA) is 64.3 Å². The molecular formula is C14H20N2O2. The van der Waals surface area contributed by atoms with E-state index in [0.29, 0.717) is 11.4 Å². The minimum atomic E-state index is -0.415. The van der Waals surface area contributed by atoms with Crippen LogP contribution in [0.15, 0.2) is 18.2 Å². The molecule has 1 aromatic carbocycles. The Morgan fingerprint density at radius 3 is 3.00 bits per heavy atom. The van der Waals surface area contributed by atoms with Crippen molar-refractivity contribution in [2.75, 3.05) is 12.3 Å². The Kier molecular flexibility index (Phi) is 4.07. The van der Waals surface area contributed by atoms with Gasteiger partial charge in [0.1, 0.15) is 5.75 Å². The number of aryl methyl sites for hydroxylation is 1. The van der Waals surface area contributed by atoms with Gasteiger partial charge in [0.15, 0.2) is 6.10 Å². The van der Waals surface area contributed by atoms with Gasteiger partial charge in [-0.1, -0.05) is 13.0 Å². The Hall–Kier alpha value is -1.71. The summed E-state index contributed by atoms with van der Waals surface area (Å²) in [7, 11) is 0. The van der Waals surface area contributed by atoms with Crippen molar-refractivity contribution in [2.24, 2.45) is 0 Å². The SMILES string of the molecule is CCc1ccc(OC2CCCCNC2=O)c(N)c1. The van der Waals surface area contributed by atoms with Crippen molar-refractivity contribution in [3.8, 4) is 5.75 Å². The zero-order chi connectivity index (χ0) is 13.0. The third-order valence-electron chi connectivity index (χ3n) is 3.24. The second-order valence-electron chi connectivity index (χ2n) is 4.62. The monoisotopic (exact) mass is 248 g/mol. The molecule has 1 saturated heterocycles. The molecule has 0 aliphatic carbocycles. The minimum absolute atomic E-state index is 0.0357. The third-order valence-corrected chi connectivity index (χ3v) is 3.24. The Bertz CT molecular complexity index is 432. The number of carbonyl (C=O) groups is 1. The van der Waals surface area contributed by atoms with Gasteiger partial charge >= 0.3 is 0 Å². The summed E-state index contributed by atoms with van der Waals surface area (Å²) in [6, 6.07) is 5.75. The third kappa shape index (κ3) is 2.94. The fourth-order valence-electron chi connectivity index (χ4n) is 2.10. The summed E-state index contributed by atoms with van der Waals surface area (Å²) in [6.45, 7) is 2.82. The number of ether oxygens (including phenoxy) is 1. The van der Waals surface area contributed by atoms with Crippen LogP contribution in [0.2, 0.25) is 0 Å². The lowest BCUT2D eigenvalue weighted by atomic mass is 10.1. The molecule has 0 bridgehead atoms. The van der Waals surface area contributed by atoms with Crippen LogP contribution in [0.4, 0.5) is 5.69 Å². The van der Waals surface area contributed by atoms with E-state index < -0.39 is 6.10 Å². The molecule has 4 nitrogen and oxygen atoms in total. The zero-order valence-corrected chi connectivity index (χ0v) is 10.7. The van der Waals surface area contributed by atoms with E-state index in [2.05, 4.69) is 12.2 Å². The van der Waals surface area contributed by atoms with E-state index in [1.807, 2.05) is 18.2 Å². The summed E-state index contributed by atoms with van der Waals surface area (Å²) in [5.74, 6) is 0.570. The van der Waals surface area contributed by atoms with Gasteiger partial charge in [-0.05, 0) is 43.4 Å². The first kappa shape index (κ1) is 12.7. The van der Waals surface area contributed by atoms with Crippen LogP contribution in [0.25, 0.3) is 0 Å². The highest BCUT2D eigenvalue weighted by Gasteiger charge is 2.22. The fourth-order valence-corrected chi connectivity index (χ4v) is 2.10. The van der Waals surface area contributed by atoms with Crippen LogP contribution in [-0.4, -0.2) is 18.6 Å². The van der Waals surface area contributed by atoms with Crippen molar-refractivity contribution in [1.29, 1.82) is 0 Å². The summed E-state index contributed by atoms with van der Waals surface area (Å²) in [6.07, 6.45) is 3.28. The van der Waals surface area contributed by atoms with E-state index in [1.165, 1.54) is 5.56 Å². The minimum Gasteiger partial charge on any atom is -0.478 e. The number of amides is 1. The molecule has 0 saturated carbocycles. The normalized spacial score (nSPS) is 20.1. The molecule has 3 N–H and O–H groups in total. The molecule has 98 valence electrons. The fraction of sp³-hybridized carbons (Fsp3) is 0.500. The van der Waals surface area contributed by atoms with Gasteiger partial charge in [0, 0.05) is 6.54 Å². The number of anilines is 1. The molecule has 1 amide bonds. The predicted octanol–water partition coefficient (Wildman–Crippen LogP) is 1.88. The van der Waals surface area contributed by atoms with E-state index in [1.54, 1.807) is 0 Å². The van der Waals surface area contributed by atoms with Gasteiger partial charge in [-0.2, -0.15) is 0 Å². The maximum absolute atomic E-state index is 11.8. The Balaban J connectivity index is 2.10. The lowest BCUT2D eigenvalue weighted by Crippen LogP contribution is -2.36. The number of carbonyl (C=O) groups excluding carboxylic acids is 1. The van der Waals surface area contributed by atoms with E-state index in [4.69, 9.17) is 10.5 Å². The predicted molar refractivity (Wildman–Crippen MR) is 71.5 cm³/mol. The number of hydrogen-bond acceptors (Lipinski definition) is 3. The first-order valence-electron chi connectivity index (χ1n) is 6.53. The van der Waals surface area contributed by atoms with Crippen LogP contribution in [0.5, 0.6) is 5.75 Å². The maximum atomic E-state index is 11.8. The number of rotatable bonds is 3. The van der Waals surface area contributed by atoms with Gasteiger partial charge in [-0.25, -0.2) is 0 Å². The van der Waals surface area contributed by atoms with Crippen molar-refractivity contribution < 1.29 is 9.53 Å². The van der Waals surface area contributed by atoms with E-state index >= 15 is 0 Å². The summed E-state index contributed by atoms with van der Waals surface area (Å²) in [5.41, 5.74) is 7.72. The van der Waals surface area contributed by atoms with Gasteiger partial charge < -0.3 is 15.8 Å². The summed E-state index contributed by atoms with van der Waals surface area (Å²) < 4.78 is 5.74. The van der Waals surface area contributed by atoms with Crippen molar-refractivity contribution in [3.05, 3.63) is 23.8 Å². The van der Waals surface area contributed by atoms with E-state index in [-0.39, 0.29) is 5.91 Å². The quantitative estimate of drug-likeness (QED) is 0.803. The molecule has 4 heteroatoms. The first-order chi connectivity index (χ1) is 8.70. The number of nitrogen functional groups attached to an aromatic ring is 1. The molecule has 1 heterocycles. The van der Waals surface area contributed by atoms with Crippen molar-refractivity contribution >= 4 is 11.6 Å². The van der Waals surface area contributed by atoms with Crippen LogP contribution in [0, 0.1) is 0 Å². The summed E-state index contributed by atoms with van der Waals surface area (Å²) >= 11 is 0. The van der Waals surface area contributed by atoms with E-state index in [9.17, 15) is 4.79 Å². The van der Waals surface area contributed by atoms with Crippen LogP contribution in [-0.2, 0) is 11.2 Å². The van der Waals surface area contributed by atoms with Crippen molar-refractivity contribution in [2.45, 2.75) is 38.7 Å². The number of nitrogens with one attached hydrogen (secondary N) is 1. The smallest absolute Gasteiger partial charge is 0.261 e. The molecule has 1 aliphatic heterocycles. The van der Waals surface area contributed by atoms with Crippen LogP contribution in [0.1, 0.15) is 31.7 Å². The highest BCUT2D eigenvalue weighted by atomic mass is 16.5. The zero-order valence-electron chi connectivity index (χ0n) is 10.7. The molecule has 0 aromatic heterocycles. The maximum Gasteiger partial charge on any atom is 0.261 e. The molecule has 1 aliphatic rings. The Morgan fingerprint density at radius 2 is 2.28 bits per heavy atom. The Morgan fingerprint density at radius 1 is 1.44 bits per heavy atom. The average Bonchev–Trinajstić information content (AvgIpc) is 2.57. The molecule has 0 spiro atoms. The molecule has 1 atom stereocenters. The molecule has 1 aromatic rings. The van der Waals surface area contributed by atoms with Crippen LogP contribution < -0.4 is 15.8 Å². The van der Waals surface area contributed by atoms with Crippen molar-refractivity contribution in [3.63, 3.8) is 0 Å². The number of benzene rings is 1. The first-order valence-corrected chi connectivity index (χ1v) is 6.53. The second-order valence-corrected chi connectivity index (χ2v) is 4.62. The molecular weight excluding hydrogens is 228 g/mol. The van der Waals surface area contributed by atoms with Crippen LogP contribution >= 0.6 is 0 Å². The van der Waals surface area contributed by atoms with Gasteiger partial charge in [0.05, 0.1) is 5.69 Å². The van der Waals surface area contributed by atoms with Crippen LogP contribution in [0.3, 0.4) is 0 Å². The second kappa shape index (κ2) is 5.76. The van der Waals surface area contributed by atoms with Crippen molar-refractivity contribution in [1.82, 2.24) is 5.32 Å². The molecule has 1 unspecified atom stereocenters. The lowest BCUT2D eigenvalue weighted by Gasteiger charge is -2.17. The standard InChI is InChI=1S/C14H20N2O2/c1-2-10-6-7-12(11(15)9-10)18-13-5-3-4-8-16-14(13)17/h6-7,9,13H,2-5,8,15H2,1H3,(H,16,17). The molecule has 0 radical (unpaired) electrons. The van der Waals surface area contributed by atoms with E-state index in [0.717, 1.165) is 32.2 Å². The molecule has 1 fully saturated rings. The van der Waals surface area contributed by atoms with Gasteiger partial charge in [-0.15, -0.1) is 0 Å². The summed E-state index contributed by atoms with van der Waals surface area (Å²) in [5, 5.41) is 2.85. The van der Waals surface area contributed by atoms with Gasteiger partial charge in [0.2, 0.25) is 0 Å². The Labute approximate surface area is 108 Å².